The van der Waals surface area contributed by atoms with E-state index in [-0.39, 0.29) is 23.9 Å². The second kappa shape index (κ2) is 6.20. The number of carbonyl (C=O) groups excluding carboxylic acids is 1. The zero-order valence-corrected chi connectivity index (χ0v) is 11.7. The normalized spacial score (nSPS) is 22.1. The van der Waals surface area contributed by atoms with Gasteiger partial charge in [-0.3, -0.25) is 9.59 Å². The van der Waals surface area contributed by atoms with E-state index in [2.05, 4.69) is 0 Å². The molecule has 6 heteroatoms. The zero-order chi connectivity index (χ0) is 15.6. The first-order valence-electron chi connectivity index (χ1n) is 6.85. The van der Waals surface area contributed by atoms with Crippen LogP contribution < -0.4 is 0 Å². The van der Waals surface area contributed by atoms with Gasteiger partial charge in [-0.05, 0) is 31.9 Å². The second-order valence-corrected chi connectivity index (χ2v) is 5.37. The summed E-state index contributed by atoms with van der Waals surface area (Å²) < 4.78 is 27.1. The van der Waals surface area contributed by atoms with Crippen molar-refractivity contribution in [2.75, 3.05) is 6.54 Å². The number of nitrogens with zero attached hydrogens (tertiary/aromatic N) is 1. The van der Waals surface area contributed by atoms with Crippen molar-refractivity contribution in [1.82, 2.24) is 4.90 Å². The number of hydrogen-bond donors (Lipinski definition) is 1. The number of likely N-dealkylation sites (tertiary alicyclic amines) is 1. The molecule has 1 fully saturated rings. The number of carboxylic acid groups (broad SMARTS) is 1. The number of benzene rings is 1. The molecule has 1 amide bonds. The lowest BCUT2D eigenvalue weighted by Gasteiger charge is -2.36. The molecular weight excluding hydrogens is 280 g/mol. The highest BCUT2D eigenvalue weighted by atomic mass is 19.1. The number of halogens is 2. The van der Waals surface area contributed by atoms with Gasteiger partial charge in [0.15, 0.2) is 0 Å². The SMILES string of the molecule is CC1CC(C(=O)O)CCN1C(=O)Cc1c(F)cccc1F. The van der Waals surface area contributed by atoms with Crippen LogP contribution in [0, 0.1) is 17.6 Å². The molecule has 1 aliphatic heterocycles. The van der Waals surface area contributed by atoms with Crippen molar-refractivity contribution < 1.29 is 23.5 Å². The molecule has 21 heavy (non-hydrogen) atoms. The predicted octanol–water partition coefficient (Wildman–Crippen LogP) is 2.22. The summed E-state index contributed by atoms with van der Waals surface area (Å²) in [5.74, 6) is -3.19. The number of aliphatic carboxylic acids is 1. The van der Waals surface area contributed by atoms with E-state index in [1.165, 1.54) is 11.0 Å². The van der Waals surface area contributed by atoms with Gasteiger partial charge in [-0.25, -0.2) is 8.78 Å². The highest BCUT2D eigenvalue weighted by Crippen LogP contribution is 2.24. The molecule has 0 spiro atoms. The molecule has 0 aliphatic carbocycles. The summed E-state index contributed by atoms with van der Waals surface area (Å²) >= 11 is 0. The fourth-order valence-corrected chi connectivity index (χ4v) is 2.72. The van der Waals surface area contributed by atoms with Gasteiger partial charge in [0.1, 0.15) is 11.6 Å². The number of hydrogen-bond acceptors (Lipinski definition) is 2. The number of rotatable bonds is 3. The smallest absolute Gasteiger partial charge is 0.306 e. The molecule has 2 rings (SSSR count). The quantitative estimate of drug-likeness (QED) is 0.930. The van der Waals surface area contributed by atoms with Gasteiger partial charge in [-0.2, -0.15) is 0 Å². The summed E-state index contributed by atoms with van der Waals surface area (Å²) in [7, 11) is 0. The molecule has 0 radical (unpaired) electrons. The summed E-state index contributed by atoms with van der Waals surface area (Å²) in [5.41, 5.74) is -0.241. The Bertz CT molecular complexity index is 542. The Labute approximate surface area is 121 Å². The fourth-order valence-electron chi connectivity index (χ4n) is 2.72. The Morgan fingerprint density at radius 2 is 1.95 bits per heavy atom. The van der Waals surface area contributed by atoms with E-state index in [0.717, 1.165) is 12.1 Å². The van der Waals surface area contributed by atoms with Crippen molar-refractivity contribution in [2.24, 2.45) is 5.92 Å². The fraction of sp³-hybridized carbons (Fsp3) is 0.467. The Hall–Kier alpha value is -1.98. The first kappa shape index (κ1) is 15.4. The van der Waals surface area contributed by atoms with Crippen molar-refractivity contribution >= 4 is 11.9 Å². The Kier molecular flexibility index (Phi) is 4.55. The minimum atomic E-state index is -0.867. The Morgan fingerprint density at radius 1 is 1.33 bits per heavy atom. The third-order valence-electron chi connectivity index (χ3n) is 3.94. The maximum atomic E-state index is 13.6. The molecule has 4 nitrogen and oxygen atoms in total. The average molecular weight is 297 g/mol. The van der Waals surface area contributed by atoms with Crippen LogP contribution in [0.3, 0.4) is 0 Å². The first-order valence-corrected chi connectivity index (χ1v) is 6.85. The standard InChI is InChI=1S/C15H17F2NO3/c1-9-7-10(15(20)21)5-6-18(9)14(19)8-11-12(16)3-2-4-13(11)17/h2-4,9-10H,5-8H2,1H3,(H,20,21). The van der Waals surface area contributed by atoms with Crippen molar-refractivity contribution in [3.63, 3.8) is 0 Å². The van der Waals surface area contributed by atoms with Gasteiger partial charge in [-0.15, -0.1) is 0 Å². The zero-order valence-electron chi connectivity index (χ0n) is 11.7. The van der Waals surface area contributed by atoms with Crippen LogP contribution >= 0.6 is 0 Å². The second-order valence-electron chi connectivity index (χ2n) is 5.37. The van der Waals surface area contributed by atoms with Crippen molar-refractivity contribution in [3.8, 4) is 0 Å². The molecule has 0 saturated carbocycles. The minimum absolute atomic E-state index is 0.241. The van der Waals surface area contributed by atoms with E-state index >= 15 is 0 Å². The Morgan fingerprint density at radius 3 is 2.48 bits per heavy atom. The molecule has 0 bridgehead atoms. The highest BCUT2D eigenvalue weighted by molar-refractivity contribution is 5.80. The van der Waals surface area contributed by atoms with Crippen LogP contribution in [-0.2, 0) is 16.0 Å². The van der Waals surface area contributed by atoms with Gasteiger partial charge in [0, 0.05) is 18.2 Å². The van der Waals surface area contributed by atoms with Gasteiger partial charge >= 0.3 is 5.97 Å². The summed E-state index contributed by atoms with van der Waals surface area (Å²) in [4.78, 5) is 24.7. The monoisotopic (exact) mass is 297 g/mol. The van der Waals surface area contributed by atoms with E-state index in [9.17, 15) is 18.4 Å². The van der Waals surface area contributed by atoms with E-state index in [1.807, 2.05) is 0 Å². The number of carbonyl (C=O) groups is 2. The van der Waals surface area contributed by atoms with Crippen molar-refractivity contribution in [1.29, 1.82) is 0 Å². The van der Waals surface area contributed by atoms with E-state index < -0.39 is 23.5 Å². The molecule has 1 heterocycles. The lowest BCUT2D eigenvalue weighted by atomic mass is 9.91. The van der Waals surface area contributed by atoms with Crippen LogP contribution in [0.4, 0.5) is 8.78 Å². The summed E-state index contributed by atoms with van der Waals surface area (Å²) in [6, 6.07) is 3.24. The third-order valence-corrected chi connectivity index (χ3v) is 3.94. The van der Waals surface area contributed by atoms with E-state index in [1.54, 1.807) is 6.92 Å². The van der Waals surface area contributed by atoms with Gasteiger partial charge in [0.05, 0.1) is 12.3 Å². The number of carboxylic acids is 1. The third kappa shape index (κ3) is 3.37. The lowest BCUT2D eigenvalue weighted by molar-refractivity contribution is -0.147. The lowest BCUT2D eigenvalue weighted by Crippen LogP contribution is -2.46. The number of piperidine rings is 1. The number of amides is 1. The maximum absolute atomic E-state index is 13.6. The predicted molar refractivity (Wildman–Crippen MR) is 71.6 cm³/mol. The summed E-state index contributed by atoms with van der Waals surface area (Å²) in [6.07, 6.45) is 0.382. The van der Waals surface area contributed by atoms with Crippen LogP contribution in [0.25, 0.3) is 0 Å². The topological polar surface area (TPSA) is 57.6 Å². The Balaban J connectivity index is 2.06. The molecule has 2 unspecified atom stereocenters. The van der Waals surface area contributed by atoms with Crippen LogP contribution in [0.1, 0.15) is 25.3 Å². The minimum Gasteiger partial charge on any atom is -0.481 e. The first-order chi connectivity index (χ1) is 9.90. The van der Waals surface area contributed by atoms with E-state index in [4.69, 9.17) is 5.11 Å². The van der Waals surface area contributed by atoms with Crippen LogP contribution in [0.5, 0.6) is 0 Å². The summed E-state index contributed by atoms with van der Waals surface area (Å²) in [6.45, 7) is 2.05. The van der Waals surface area contributed by atoms with Gasteiger partial charge in [0.25, 0.3) is 0 Å². The molecule has 1 aromatic rings. The van der Waals surface area contributed by atoms with Crippen LogP contribution in [-0.4, -0.2) is 34.5 Å². The van der Waals surface area contributed by atoms with E-state index in [0.29, 0.717) is 19.4 Å². The van der Waals surface area contributed by atoms with Crippen LogP contribution in [0.2, 0.25) is 0 Å². The maximum Gasteiger partial charge on any atom is 0.306 e. The molecule has 1 saturated heterocycles. The van der Waals surface area contributed by atoms with Crippen molar-refractivity contribution in [2.45, 2.75) is 32.2 Å². The molecule has 1 N–H and O–H groups in total. The highest BCUT2D eigenvalue weighted by Gasteiger charge is 2.32. The van der Waals surface area contributed by atoms with Gasteiger partial charge in [0.2, 0.25) is 5.91 Å². The average Bonchev–Trinajstić information content (AvgIpc) is 2.42. The largest absolute Gasteiger partial charge is 0.481 e. The molecule has 2 atom stereocenters. The van der Waals surface area contributed by atoms with Crippen LogP contribution in [0.15, 0.2) is 18.2 Å². The van der Waals surface area contributed by atoms with Gasteiger partial charge < -0.3 is 10.0 Å². The summed E-state index contributed by atoms with van der Waals surface area (Å²) in [5, 5.41) is 8.99. The van der Waals surface area contributed by atoms with Gasteiger partial charge in [-0.1, -0.05) is 6.07 Å². The molecule has 1 aromatic carbocycles. The molecular formula is C15H17F2NO3. The molecule has 1 aliphatic rings. The molecule has 0 aromatic heterocycles. The molecule has 114 valence electrons. The van der Waals surface area contributed by atoms with Crippen molar-refractivity contribution in [3.05, 3.63) is 35.4 Å².